The predicted octanol–water partition coefficient (Wildman–Crippen LogP) is 1.80. The molecular formula is C20H24N4O4. The molecule has 0 aliphatic heterocycles. The van der Waals surface area contributed by atoms with Crippen molar-refractivity contribution in [3.05, 3.63) is 59.4 Å². The van der Waals surface area contributed by atoms with Gasteiger partial charge in [0, 0.05) is 18.8 Å². The number of benzene rings is 1. The van der Waals surface area contributed by atoms with Gasteiger partial charge in [-0.25, -0.2) is 9.78 Å². The second-order valence-electron chi connectivity index (χ2n) is 6.22. The summed E-state index contributed by atoms with van der Waals surface area (Å²) in [6.45, 7) is 3.21. The molecule has 0 saturated heterocycles. The number of pyridine rings is 1. The number of esters is 1. The molecule has 28 heavy (non-hydrogen) atoms. The zero-order valence-electron chi connectivity index (χ0n) is 16.2. The molecule has 148 valence electrons. The molecule has 0 atom stereocenters. The van der Waals surface area contributed by atoms with Crippen LogP contribution in [0.25, 0.3) is 0 Å². The van der Waals surface area contributed by atoms with Crippen molar-refractivity contribution in [1.82, 2.24) is 15.2 Å². The predicted molar refractivity (Wildman–Crippen MR) is 105 cm³/mol. The van der Waals surface area contributed by atoms with Gasteiger partial charge in [-0.3, -0.25) is 9.59 Å². The van der Waals surface area contributed by atoms with E-state index in [4.69, 9.17) is 4.74 Å². The average molecular weight is 384 g/mol. The van der Waals surface area contributed by atoms with Crippen LogP contribution in [0.4, 0.5) is 5.69 Å². The van der Waals surface area contributed by atoms with Gasteiger partial charge in [0.2, 0.25) is 0 Å². The summed E-state index contributed by atoms with van der Waals surface area (Å²) in [6.07, 6.45) is 0. The molecule has 0 radical (unpaired) electrons. The molecule has 1 aromatic carbocycles. The molecule has 0 aliphatic rings. The highest BCUT2D eigenvalue weighted by molar-refractivity contribution is 6.04. The van der Waals surface area contributed by atoms with Crippen molar-refractivity contribution in [3.63, 3.8) is 0 Å². The molecule has 0 unspecified atom stereocenters. The molecule has 2 N–H and O–H groups in total. The van der Waals surface area contributed by atoms with Gasteiger partial charge in [-0.05, 0) is 57.4 Å². The first-order valence-corrected chi connectivity index (χ1v) is 8.89. The third kappa shape index (κ3) is 6.17. The maximum atomic E-state index is 12.4. The van der Waals surface area contributed by atoms with Gasteiger partial charge in [0.1, 0.15) is 11.4 Å². The molecule has 8 nitrogen and oxygen atoms in total. The largest absolute Gasteiger partial charge is 0.462 e. The van der Waals surface area contributed by atoms with E-state index in [-0.39, 0.29) is 17.3 Å². The second kappa shape index (κ2) is 10.2. The molecule has 0 aliphatic carbocycles. The highest BCUT2D eigenvalue weighted by Crippen LogP contribution is 2.12. The number of nitrogens with one attached hydrogen (secondary N) is 2. The number of anilines is 1. The Morgan fingerprint density at radius 3 is 2.25 bits per heavy atom. The van der Waals surface area contributed by atoms with Crippen molar-refractivity contribution in [3.8, 4) is 0 Å². The van der Waals surface area contributed by atoms with Crippen molar-refractivity contribution >= 4 is 23.5 Å². The van der Waals surface area contributed by atoms with Gasteiger partial charge >= 0.3 is 5.97 Å². The van der Waals surface area contributed by atoms with Gasteiger partial charge in [0.15, 0.2) is 0 Å². The highest BCUT2D eigenvalue weighted by atomic mass is 16.5. The summed E-state index contributed by atoms with van der Waals surface area (Å²) in [5, 5.41) is 5.44. The Balaban J connectivity index is 2.00. The van der Waals surface area contributed by atoms with Crippen LogP contribution in [0.3, 0.4) is 0 Å². The van der Waals surface area contributed by atoms with Gasteiger partial charge in [-0.2, -0.15) is 0 Å². The van der Waals surface area contributed by atoms with E-state index in [1.807, 2.05) is 19.0 Å². The summed E-state index contributed by atoms with van der Waals surface area (Å²) in [7, 11) is 3.82. The summed E-state index contributed by atoms with van der Waals surface area (Å²) < 4.78 is 4.92. The van der Waals surface area contributed by atoms with E-state index < -0.39 is 11.9 Å². The molecule has 0 bridgehead atoms. The van der Waals surface area contributed by atoms with E-state index in [1.165, 1.54) is 6.07 Å². The molecule has 2 aromatic rings. The Morgan fingerprint density at radius 2 is 1.64 bits per heavy atom. The van der Waals surface area contributed by atoms with Crippen molar-refractivity contribution in [2.24, 2.45) is 0 Å². The summed E-state index contributed by atoms with van der Waals surface area (Å²) in [5.74, 6) is -1.21. The van der Waals surface area contributed by atoms with Crippen molar-refractivity contribution in [2.75, 3.05) is 39.1 Å². The minimum atomic E-state index is -0.452. The van der Waals surface area contributed by atoms with Crippen molar-refractivity contribution < 1.29 is 19.1 Å². The van der Waals surface area contributed by atoms with Gasteiger partial charge in [0.05, 0.1) is 12.2 Å². The number of nitrogens with zero attached hydrogens (tertiary/aromatic N) is 2. The molecule has 8 heteroatoms. The molecule has 1 aromatic heterocycles. The van der Waals surface area contributed by atoms with Crippen LogP contribution in [0, 0.1) is 0 Å². The Morgan fingerprint density at radius 1 is 1.00 bits per heavy atom. The van der Waals surface area contributed by atoms with Crippen molar-refractivity contribution in [1.29, 1.82) is 0 Å². The highest BCUT2D eigenvalue weighted by Gasteiger charge is 2.13. The Labute approximate surface area is 163 Å². The lowest BCUT2D eigenvalue weighted by Gasteiger charge is -2.10. The fourth-order valence-electron chi connectivity index (χ4n) is 2.27. The van der Waals surface area contributed by atoms with Crippen LogP contribution in [0.15, 0.2) is 42.5 Å². The van der Waals surface area contributed by atoms with Crippen LogP contribution in [-0.4, -0.2) is 61.5 Å². The van der Waals surface area contributed by atoms with Gasteiger partial charge in [-0.1, -0.05) is 6.07 Å². The monoisotopic (exact) mass is 384 g/mol. The number of ether oxygens (including phenoxy) is 1. The standard InChI is InChI=1S/C20H24N4O4/c1-4-28-20(27)14-8-10-15(11-9-14)22-19(26)17-7-5-6-16(23-17)18(25)21-12-13-24(2)3/h5-11H,4,12-13H2,1-3H3,(H,21,25)(H,22,26). The molecular weight excluding hydrogens is 360 g/mol. The Kier molecular flexibility index (Phi) is 7.65. The first-order valence-electron chi connectivity index (χ1n) is 8.89. The Bertz CT molecular complexity index is 834. The lowest BCUT2D eigenvalue weighted by molar-refractivity contribution is 0.0526. The van der Waals surface area contributed by atoms with E-state index in [1.54, 1.807) is 43.3 Å². The molecule has 0 saturated carbocycles. The SMILES string of the molecule is CCOC(=O)c1ccc(NC(=O)c2cccc(C(=O)NCCN(C)C)n2)cc1. The smallest absolute Gasteiger partial charge is 0.338 e. The first kappa shape index (κ1) is 21.0. The Hall–Kier alpha value is -3.26. The van der Waals surface area contributed by atoms with Crippen LogP contribution in [0.5, 0.6) is 0 Å². The van der Waals surface area contributed by atoms with Crippen molar-refractivity contribution in [2.45, 2.75) is 6.92 Å². The number of hydrogen-bond donors (Lipinski definition) is 2. The van der Waals surface area contributed by atoms with Crippen LogP contribution in [0.2, 0.25) is 0 Å². The lowest BCUT2D eigenvalue weighted by Crippen LogP contribution is -2.32. The quantitative estimate of drug-likeness (QED) is 0.673. The lowest BCUT2D eigenvalue weighted by atomic mass is 10.2. The summed E-state index contributed by atoms with van der Waals surface area (Å²) in [4.78, 5) is 42.3. The normalized spacial score (nSPS) is 10.4. The van der Waals surface area contributed by atoms with E-state index in [2.05, 4.69) is 15.6 Å². The fourth-order valence-corrected chi connectivity index (χ4v) is 2.27. The van der Waals surface area contributed by atoms with Crippen LogP contribution < -0.4 is 10.6 Å². The number of carbonyl (C=O) groups is 3. The summed E-state index contributed by atoms with van der Waals surface area (Å²) in [6, 6.07) is 11.0. The average Bonchev–Trinajstić information content (AvgIpc) is 2.68. The molecule has 1 heterocycles. The van der Waals surface area contributed by atoms with E-state index >= 15 is 0 Å². The van der Waals surface area contributed by atoms with E-state index in [9.17, 15) is 14.4 Å². The topological polar surface area (TPSA) is 101 Å². The number of likely N-dealkylation sites (N-methyl/N-ethyl adjacent to an activating group) is 1. The number of hydrogen-bond acceptors (Lipinski definition) is 6. The number of carbonyl (C=O) groups excluding carboxylic acids is 3. The zero-order valence-corrected chi connectivity index (χ0v) is 16.2. The maximum Gasteiger partial charge on any atom is 0.338 e. The zero-order chi connectivity index (χ0) is 20.5. The third-order valence-electron chi connectivity index (χ3n) is 3.71. The summed E-state index contributed by atoms with van der Waals surface area (Å²) >= 11 is 0. The third-order valence-corrected chi connectivity index (χ3v) is 3.71. The minimum Gasteiger partial charge on any atom is -0.462 e. The summed E-state index contributed by atoms with van der Waals surface area (Å²) in [5.41, 5.74) is 1.19. The fraction of sp³-hybridized carbons (Fsp3) is 0.300. The van der Waals surface area contributed by atoms with E-state index in [0.29, 0.717) is 30.9 Å². The number of amides is 2. The first-order chi connectivity index (χ1) is 13.4. The van der Waals surface area contributed by atoms with E-state index in [0.717, 1.165) is 0 Å². The molecule has 0 fully saturated rings. The van der Waals surface area contributed by atoms with Gasteiger partial charge < -0.3 is 20.3 Å². The maximum absolute atomic E-state index is 12.4. The number of rotatable bonds is 8. The van der Waals surface area contributed by atoms with Gasteiger partial charge in [0.25, 0.3) is 11.8 Å². The van der Waals surface area contributed by atoms with Crippen LogP contribution in [-0.2, 0) is 4.74 Å². The van der Waals surface area contributed by atoms with Crippen LogP contribution >= 0.6 is 0 Å². The van der Waals surface area contributed by atoms with Crippen LogP contribution in [0.1, 0.15) is 38.3 Å². The molecule has 2 amide bonds. The molecule has 0 spiro atoms. The molecule has 2 rings (SSSR count). The van der Waals surface area contributed by atoms with Gasteiger partial charge in [-0.15, -0.1) is 0 Å². The second-order valence-corrected chi connectivity index (χ2v) is 6.22. The minimum absolute atomic E-state index is 0.120. The number of aromatic nitrogens is 1.